The maximum absolute atomic E-state index is 12.7. The Kier molecular flexibility index (Phi) is 5.30. The van der Waals surface area contributed by atoms with Crippen molar-refractivity contribution >= 4 is 23.0 Å². The predicted molar refractivity (Wildman–Crippen MR) is 99.2 cm³/mol. The third-order valence-electron chi connectivity index (χ3n) is 4.15. The highest BCUT2D eigenvalue weighted by atomic mass is 32.1. The van der Waals surface area contributed by atoms with Crippen LogP contribution in [-0.2, 0) is 0 Å². The summed E-state index contributed by atoms with van der Waals surface area (Å²) in [5.74, 6) is 5.61. The van der Waals surface area contributed by atoms with Crippen LogP contribution in [0.25, 0.3) is 0 Å². The van der Waals surface area contributed by atoms with Crippen LogP contribution in [0.5, 0.6) is 0 Å². The van der Waals surface area contributed by atoms with Crippen LogP contribution in [0, 0.1) is 17.8 Å². The molecular formula is C20H21NO4S. The predicted octanol–water partition coefficient (Wildman–Crippen LogP) is 3.20. The van der Waals surface area contributed by atoms with Crippen LogP contribution in [0.3, 0.4) is 0 Å². The third-order valence-corrected chi connectivity index (χ3v) is 5.04. The van der Waals surface area contributed by atoms with Gasteiger partial charge in [-0.3, -0.25) is 9.59 Å². The topological polar surface area (TPSA) is 70.8 Å². The highest BCUT2D eigenvalue weighted by Crippen LogP contribution is 2.24. The number of piperidine rings is 1. The number of rotatable bonds is 3. The Hall–Kier alpha value is -2.36. The minimum absolute atomic E-state index is 0.105. The maximum Gasteiger partial charge on any atom is 0.289 e. The van der Waals surface area contributed by atoms with Crippen molar-refractivity contribution in [3.05, 3.63) is 46.0 Å². The van der Waals surface area contributed by atoms with Crippen molar-refractivity contribution in [3.63, 3.8) is 0 Å². The number of nitrogens with zero attached hydrogens (tertiary/aromatic N) is 1. The van der Waals surface area contributed by atoms with Crippen LogP contribution in [0.2, 0.25) is 0 Å². The Morgan fingerprint density at radius 2 is 2.15 bits per heavy atom. The summed E-state index contributed by atoms with van der Waals surface area (Å²) in [4.78, 5) is 27.7. The lowest BCUT2D eigenvalue weighted by Crippen LogP contribution is -2.42. The first kappa shape index (κ1) is 18.4. The monoisotopic (exact) mass is 371 g/mol. The molecule has 1 saturated heterocycles. The zero-order chi connectivity index (χ0) is 18.7. The number of thiophene rings is 1. The van der Waals surface area contributed by atoms with Crippen LogP contribution in [0.15, 0.2) is 34.1 Å². The second-order valence-electron chi connectivity index (χ2n) is 6.90. The summed E-state index contributed by atoms with van der Waals surface area (Å²) < 4.78 is 5.50. The van der Waals surface area contributed by atoms with Crippen molar-refractivity contribution in [1.82, 2.24) is 4.90 Å². The van der Waals surface area contributed by atoms with Gasteiger partial charge in [-0.15, -0.1) is 11.3 Å². The van der Waals surface area contributed by atoms with Gasteiger partial charge in [0.25, 0.3) is 5.91 Å². The molecule has 1 aliphatic rings. The van der Waals surface area contributed by atoms with E-state index in [0.717, 1.165) is 17.7 Å². The number of amides is 1. The number of hydrogen-bond acceptors (Lipinski definition) is 5. The van der Waals surface area contributed by atoms with Gasteiger partial charge in [0.15, 0.2) is 17.3 Å². The van der Waals surface area contributed by atoms with E-state index in [0.29, 0.717) is 18.8 Å². The molecule has 0 radical (unpaired) electrons. The van der Waals surface area contributed by atoms with E-state index in [-0.39, 0.29) is 23.4 Å². The molecule has 0 aliphatic carbocycles. The van der Waals surface area contributed by atoms with Gasteiger partial charge >= 0.3 is 0 Å². The molecule has 1 aliphatic heterocycles. The minimum atomic E-state index is -1.13. The van der Waals surface area contributed by atoms with E-state index in [2.05, 4.69) is 11.8 Å². The number of carbonyl (C=O) groups is 2. The normalized spacial score (nSPS) is 17.5. The second kappa shape index (κ2) is 7.48. The molecule has 1 unspecified atom stereocenters. The van der Waals surface area contributed by atoms with Gasteiger partial charge in [-0.2, -0.15) is 0 Å². The van der Waals surface area contributed by atoms with E-state index in [9.17, 15) is 14.7 Å². The Morgan fingerprint density at radius 3 is 2.85 bits per heavy atom. The first-order valence-corrected chi connectivity index (χ1v) is 9.44. The molecule has 5 nitrogen and oxygen atoms in total. The molecule has 3 rings (SSSR count). The molecule has 0 saturated carbocycles. The highest BCUT2D eigenvalue weighted by molar-refractivity contribution is 7.12. The Balaban J connectivity index is 1.69. The molecule has 0 spiro atoms. The molecule has 6 heteroatoms. The van der Waals surface area contributed by atoms with E-state index in [1.54, 1.807) is 30.9 Å². The number of likely N-dealkylation sites (tertiary alicyclic amines) is 1. The molecule has 26 heavy (non-hydrogen) atoms. The van der Waals surface area contributed by atoms with Gasteiger partial charge in [0.1, 0.15) is 5.60 Å². The lowest BCUT2D eigenvalue weighted by Gasteiger charge is -2.31. The molecule has 0 bridgehead atoms. The lowest BCUT2D eigenvalue weighted by atomic mass is 9.93. The van der Waals surface area contributed by atoms with E-state index < -0.39 is 5.60 Å². The number of hydrogen-bond donors (Lipinski definition) is 1. The van der Waals surface area contributed by atoms with Gasteiger partial charge < -0.3 is 14.4 Å². The van der Waals surface area contributed by atoms with Gasteiger partial charge in [0, 0.05) is 19.0 Å². The average Bonchev–Trinajstić information content (AvgIpc) is 3.30. The molecule has 2 aromatic rings. The zero-order valence-corrected chi connectivity index (χ0v) is 15.6. The van der Waals surface area contributed by atoms with Crippen LogP contribution in [-0.4, -0.2) is 40.4 Å². The fraction of sp³-hybridized carbons (Fsp3) is 0.400. The smallest absolute Gasteiger partial charge is 0.289 e. The van der Waals surface area contributed by atoms with Crippen molar-refractivity contribution in [2.75, 3.05) is 13.1 Å². The Labute approximate surface area is 156 Å². The standard InChI is InChI=1S/C20H21NO4S/c1-20(2,24)10-9-15-7-8-16(25-15)19(23)21-11-3-5-14(13-21)18(22)17-6-4-12-26-17/h4,6-8,12,14,24H,3,5,11,13H2,1-2H3. The first-order valence-electron chi connectivity index (χ1n) is 8.56. The van der Waals surface area contributed by atoms with E-state index in [1.807, 2.05) is 17.5 Å². The molecule has 2 aromatic heterocycles. The summed E-state index contributed by atoms with van der Waals surface area (Å²) in [5, 5.41) is 11.5. The highest BCUT2D eigenvalue weighted by Gasteiger charge is 2.30. The van der Waals surface area contributed by atoms with Crippen molar-refractivity contribution in [2.24, 2.45) is 5.92 Å². The van der Waals surface area contributed by atoms with Crippen molar-refractivity contribution in [3.8, 4) is 11.8 Å². The number of Topliss-reactive ketones (excluding diaryl/α,β-unsaturated/α-hetero) is 1. The molecule has 136 valence electrons. The van der Waals surface area contributed by atoms with Crippen molar-refractivity contribution in [1.29, 1.82) is 0 Å². The molecule has 3 heterocycles. The van der Waals surface area contributed by atoms with E-state index in [4.69, 9.17) is 4.42 Å². The Morgan fingerprint density at radius 1 is 1.35 bits per heavy atom. The summed E-state index contributed by atoms with van der Waals surface area (Å²) in [6.07, 6.45) is 1.58. The fourth-order valence-electron chi connectivity index (χ4n) is 2.89. The number of furan rings is 1. The number of ketones is 1. The average molecular weight is 371 g/mol. The molecule has 1 atom stereocenters. The van der Waals surface area contributed by atoms with Gasteiger partial charge in [-0.25, -0.2) is 0 Å². The Bertz CT molecular complexity index is 848. The molecule has 1 amide bonds. The van der Waals surface area contributed by atoms with Crippen LogP contribution >= 0.6 is 11.3 Å². The summed E-state index contributed by atoms with van der Waals surface area (Å²) in [6.45, 7) is 4.17. The molecule has 1 N–H and O–H groups in total. The van der Waals surface area contributed by atoms with Gasteiger partial charge in [-0.05, 0) is 56.2 Å². The molecule has 0 aromatic carbocycles. The molecular weight excluding hydrogens is 350 g/mol. The SMILES string of the molecule is CC(C)(O)C#Cc1ccc(C(=O)N2CCCC(C(=O)c3cccs3)C2)o1. The fourth-order valence-corrected chi connectivity index (χ4v) is 3.63. The van der Waals surface area contributed by atoms with Crippen LogP contribution < -0.4 is 0 Å². The summed E-state index contributed by atoms with van der Waals surface area (Å²) in [6, 6.07) is 6.89. The quantitative estimate of drug-likeness (QED) is 0.664. The lowest BCUT2D eigenvalue weighted by molar-refractivity contribution is 0.0611. The van der Waals surface area contributed by atoms with Crippen LogP contribution in [0.4, 0.5) is 0 Å². The van der Waals surface area contributed by atoms with E-state index >= 15 is 0 Å². The number of carbonyl (C=O) groups excluding carboxylic acids is 2. The summed E-state index contributed by atoms with van der Waals surface area (Å²) >= 11 is 1.43. The largest absolute Gasteiger partial charge is 0.443 e. The number of aliphatic hydroxyl groups is 1. The molecule has 1 fully saturated rings. The zero-order valence-electron chi connectivity index (χ0n) is 14.8. The minimum Gasteiger partial charge on any atom is -0.443 e. The van der Waals surface area contributed by atoms with Crippen molar-refractivity contribution < 1.29 is 19.1 Å². The van der Waals surface area contributed by atoms with Crippen LogP contribution in [0.1, 0.15) is 52.7 Å². The van der Waals surface area contributed by atoms with Gasteiger partial charge in [0.2, 0.25) is 0 Å². The van der Waals surface area contributed by atoms with E-state index in [1.165, 1.54) is 11.3 Å². The third kappa shape index (κ3) is 4.43. The van der Waals surface area contributed by atoms with Gasteiger partial charge in [-0.1, -0.05) is 12.0 Å². The van der Waals surface area contributed by atoms with Gasteiger partial charge in [0.05, 0.1) is 4.88 Å². The first-order chi connectivity index (χ1) is 12.3. The summed E-state index contributed by atoms with van der Waals surface area (Å²) in [5.41, 5.74) is -1.13. The summed E-state index contributed by atoms with van der Waals surface area (Å²) in [7, 11) is 0. The second-order valence-corrected chi connectivity index (χ2v) is 7.85. The maximum atomic E-state index is 12.7. The van der Waals surface area contributed by atoms with Crippen molar-refractivity contribution in [2.45, 2.75) is 32.3 Å².